The predicted octanol–water partition coefficient (Wildman–Crippen LogP) is -1.81. The summed E-state index contributed by atoms with van der Waals surface area (Å²) in [4.78, 5) is 47.3. The second kappa shape index (κ2) is 5.87. The van der Waals surface area contributed by atoms with Crippen molar-refractivity contribution in [3.05, 3.63) is 0 Å². The van der Waals surface area contributed by atoms with Gasteiger partial charge >= 0.3 is 12.0 Å². The fourth-order valence-electron chi connectivity index (χ4n) is 1.89. The molecule has 1 rings (SSSR count). The quantitative estimate of drug-likeness (QED) is 0.472. The van der Waals surface area contributed by atoms with Gasteiger partial charge in [0.05, 0.1) is 13.1 Å². The largest absolute Gasteiger partial charge is 0.480 e. The normalized spacial score (nSPS) is 17.4. The molecule has 9 nitrogen and oxygen atoms in total. The van der Waals surface area contributed by atoms with Crippen LogP contribution >= 0.6 is 0 Å². The lowest BCUT2D eigenvalue weighted by atomic mass is 10.1. The van der Waals surface area contributed by atoms with E-state index in [-0.39, 0.29) is 19.6 Å². The summed E-state index contributed by atoms with van der Waals surface area (Å²) in [5, 5.41) is 11.2. The number of carbonyl (C=O) groups excluding carboxylic acids is 3. The second-order valence-electron chi connectivity index (χ2n) is 5.08. The number of primary amides is 1. The number of nitrogens with zero attached hydrogens (tertiary/aromatic N) is 2. The number of carbonyl (C=O) groups is 4. The van der Waals surface area contributed by atoms with Crippen molar-refractivity contribution in [2.75, 3.05) is 26.2 Å². The van der Waals surface area contributed by atoms with E-state index < -0.39 is 35.9 Å². The summed E-state index contributed by atoms with van der Waals surface area (Å²) in [6.07, 6.45) is 0. The molecule has 0 aromatic rings. The van der Waals surface area contributed by atoms with Crippen LogP contribution in [0.3, 0.4) is 0 Å². The Bertz CT molecular complexity index is 432. The number of carboxylic acid groups (broad SMARTS) is 1. The molecule has 9 heteroatoms. The third-order valence-electron chi connectivity index (χ3n) is 2.82. The molecule has 0 aromatic carbocycles. The van der Waals surface area contributed by atoms with Gasteiger partial charge in [0.2, 0.25) is 5.91 Å². The molecule has 0 atom stereocenters. The van der Waals surface area contributed by atoms with Gasteiger partial charge in [-0.2, -0.15) is 0 Å². The van der Waals surface area contributed by atoms with Gasteiger partial charge < -0.3 is 16.2 Å². The van der Waals surface area contributed by atoms with Gasteiger partial charge in [0.1, 0.15) is 5.54 Å². The second-order valence-corrected chi connectivity index (χ2v) is 5.08. The minimum atomic E-state index is -1.12. The lowest BCUT2D eigenvalue weighted by Gasteiger charge is -2.21. The highest BCUT2D eigenvalue weighted by molar-refractivity contribution is 6.06. The van der Waals surface area contributed by atoms with Crippen LogP contribution in [-0.4, -0.2) is 70.4 Å². The highest BCUT2D eigenvalue weighted by Gasteiger charge is 2.43. The molecule has 0 radical (unpaired) electrons. The first kappa shape index (κ1) is 15.9. The van der Waals surface area contributed by atoms with Gasteiger partial charge in [-0.1, -0.05) is 0 Å². The maximum Gasteiger partial charge on any atom is 0.325 e. The average Bonchev–Trinajstić information content (AvgIpc) is 2.44. The first-order chi connectivity index (χ1) is 9.13. The van der Waals surface area contributed by atoms with Crippen LogP contribution < -0.4 is 11.1 Å². The minimum Gasteiger partial charge on any atom is -0.480 e. The third kappa shape index (κ3) is 3.92. The molecule has 4 N–H and O–H groups in total. The summed E-state index contributed by atoms with van der Waals surface area (Å²) in [6.45, 7) is 2.56. The molecule has 0 bridgehead atoms. The molecule has 0 unspecified atom stereocenters. The van der Waals surface area contributed by atoms with Crippen LogP contribution in [0.2, 0.25) is 0 Å². The number of carboxylic acids is 1. The van der Waals surface area contributed by atoms with Crippen LogP contribution in [0, 0.1) is 0 Å². The van der Waals surface area contributed by atoms with Crippen molar-refractivity contribution in [1.82, 2.24) is 15.1 Å². The molecule has 20 heavy (non-hydrogen) atoms. The highest BCUT2D eigenvalue weighted by atomic mass is 16.4. The van der Waals surface area contributed by atoms with Gasteiger partial charge in [0, 0.05) is 13.1 Å². The van der Waals surface area contributed by atoms with Gasteiger partial charge in [-0.15, -0.1) is 0 Å². The summed E-state index contributed by atoms with van der Waals surface area (Å²) in [6, 6.07) is -0.533. The Balaban J connectivity index is 2.63. The molecule has 112 valence electrons. The maximum absolute atomic E-state index is 11.9. The summed E-state index contributed by atoms with van der Waals surface area (Å²) in [7, 11) is 0. The Labute approximate surface area is 115 Å². The van der Waals surface area contributed by atoms with E-state index in [9.17, 15) is 19.2 Å². The highest BCUT2D eigenvalue weighted by Crippen LogP contribution is 2.16. The SMILES string of the molecule is CC1(C)NC(=O)N(CCN(CC(N)=O)CC(=O)O)C1=O. The standard InChI is InChI=1S/C11H18N4O5/c1-11(2)9(19)15(10(20)13-11)4-3-14(5-7(12)16)6-8(17)18/h3-6H2,1-2H3,(H2,12,16)(H,13,20)(H,17,18). The van der Waals surface area contributed by atoms with Crippen LogP contribution in [0.5, 0.6) is 0 Å². The number of nitrogens with one attached hydrogen (secondary N) is 1. The number of nitrogens with two attached hydrogens (primary N) is 1. The Morgan fingerprint density at radius 3 is 2.35 bits per heavy atom. The zero-order valence-electron chi connectivity index (χ0n) is 11.4. The van der Waals surface area contributed by atoms with E-state index in [1.807, 2.05) is 0 Å². The molecule has 1 aliphatic rings. The molecule has 0 aliphatic carbocycles. The molecule has 0 aromatic heterocycles. The van der Waals surface area contributed by atoms with Gasteiger partial charge in [-0.3, -0.25) is 24.2 Å². The number of hydrogen-bond acceptors (Lipinski definition) is 5. The van der Waals surface area contributed by atoms with Crippen molar-refractivity contribution in [2.24, 2.45) is 5.73 Å². The zero-order chi connectivity index (χ0) is 15.5. The van der Waals surface area contributed by atoms with Crippen LogP contribution in [0.15, 0.2) is 0 Å². The lowest BCUT2D eigenvalue weighted by molar-refractivity contribution is -0.138. The van der Waals surface area contributed by atoms with Crippen LogP contribution in [0.4, 0.5) is 4.79 Å². The van der Waals surface area contributed by atoms with Crippen molar-refractivity contribution < 1.29 is 24.3 Å². The number of rotatable bonds is 7. The van der Waals surface area contributed by atoms with Gasteiger partial charge in [0.25, 0.3) is 5.91 Å². The molecule has 1 heterocycles. The van der Waals surface area contributed by atoms with Crippen molar-refractivity contribution in [3.63, 3.8) is 0 Å². The van der Waals surface area contributed by atoms with Crippen molar-refractivity contribution in [1.29, 1.82) is 0 Å². The average molecular weight is 286 g/mol. The van der Waals surface area contributed by atoms with Crippen molar-refractivity contribution in [2.45, 2.75) is 19.4 Å². The molecule has 4 amide bonds. The van der Waals surface area contributed by atoms with E-state index >= 15 is 0 Å². The first-order valence-corrected chi connectivity index (χ1v) is 6.00. The molecule has 1 fully saturated rings. The van der Waals surface area contributed by atoms with Crippen molar-refractivity contribution >= 4 is 23.8 Å². The Morgan fingerprint density at radius 1 is 1.35 bits per heavy atom. The molecule has 0 saturated carbocycles. The fraction of sp³-hybridized carbons (Fsp3) is 0.636. The van der Waals surface area contributed by atoms with Gasteiger partial charge in [-0.25, -0.2) is 4.79 Å². The van der Waals surface area contributed by atoms with E-state index in [1.165, 1.54) is 4.90 Å². The third-order valence-corrected chi connectivity index (χ3v) is 2.82. The number of urea groups is 1. The number of hydrogen-bond donors (Lipinski definition) is 3. The first-order valence-electron chi connectivity index (χ1n) is 6.00. The number of aliphatic carboxylic acids is 1. The molecule has 1 aliphatic heterocycles. The Hall–Kier alpha value is -2.16. The van der Waals surface area contributed by atoms with Gasteiger partial charge in [-0.05, 0) is 13.8 Å². The van der Waals surface area contributed by atoms with E-state index in [4.69, 9.17) is 10.8 Å². The van der Waals surface area contributed by atoms with E-state index in [2.05, 4.69) is 5.32 Å². The summed E-state index contributed by atoms with van der Waals surface area (Å²) < 4.78 is 0. The van der Waals surface area contributed by atoms with E-state index in [0.717, 1.165) is 4.90 Å². The monoisotopic (exact) mass is 286 g/mol. The zero-order valence-corrected chi connectivity index (χ0v) is 11.4. The van der Waals surface area contributed by atoms with Crippen molar-refractivity contribution in [3.8, 4) is 0 Å². The predicted molar refractivity (Wildman–Crippen MR) is 67.6 cm³/mol. The molecule has 1 saturated heterocycles. The maximum atomic E-state index is 11.9. The van der Waals surface area contributed by atoms with Crippen LogP contribution in [0.1, 0.15) is 13.8 Å². The Kier molecular flexibility index (Phi) is 4.66. The van der Waals surface area contributed by atoms with E-state index in [0.29, 0.717) is 0 Å². The summed E-state index contributed by atoms with van der Waals surface area (Å²) >= 11 is 0. The fourth-order valence-corrected chi connectivity index (χ4v) is 1.89. The lowest BCUT2D eigenvalue weighted by Crippen LogP contribution is -2.44. The molecular weight excluding hydrogens is 268 g/mol. The van der Waals surface area contributed by atoms with E-state index in [1.54, 1.807) is 13.8 Å². The number of amides is 4. The topological polar surface area (TPSA) is 133 Å². The molecule has 0 spiro atoms. The smallest absolute Gasteiger partial charge is 0.325 e. The Morgan fingerprint density at radius 2 is 1.95 bits per heavy atom. The summed E-state index contributed by atoms with van der Waals surface area (Å²) in [5.41, 5.74) is 4.04. The minimum absolute atomic E-state index is 0.00530. The van der Waals surface area contributed by atoms with Crippen LogP contribution in [-0.2, 0) is 14.4 Å². The van der Waals surface area contributed by atoms with Gasteiger partial charge in [0.15, 0.2) is 0 Å². The number of imide groups is 1. The molecular formula is C11H18N4O5. The van der Waals surface area contributed by atoms with Crippen LogP contribution in [0.25, 0.3) is 0 Å². The summed E-state index contributed by atoms with van der Waals surface area (Å²) in [5.74, 6) is -2.19.